The second kappa shape index (κ2) is 5.21. The summed E-state index contributed by atoms with van der Waals surface area (Å²) in [6.45, 7) is 2.27. The van der Waals surface area contributed by atoms with E-state index in [2.05, 4.69) is 11.4 Å². The Labute approximate surface area is 97.0 Å². The predicted octanol–water partition coefficient (Wildman–Crippen LogP) is 1.82. The number of methoxy groups -OCH3 is 1. The van der Waals surface area contributed by atoms with E-state index in [1.54, 1.807) is 7.11 Å². The lowest BCUT2D eigenvalue weighted by molar-refractivity contribution is 0.371. The molecule has 1 heterocycles. The lowest BCUT2D eigenvalue weighted by atomic mass is 9.90. The van der Waals surface area contributed by atoms with Gasteiger partial charge in [0, 0.05) is 5.69 Å². The standard InChI is InChI=1S/C13H20N2O/c1-16-12-2-3-13(14)11(9-12)8-10-4-6-15-7-5-10/h2-3,9-10,15H,4-8,14H2,1H3. The van der Waals surface area contributed by atoms with Crippen molar-refractivity contribution < 1.29 is 4.74 Å². The summed E-state index contributed by atoms with van der Waals surface area (Å²) in [5.74, 6) is 1.66. The topological polar surface area (TPSA) is 47.3 Å². The van der Waals surface area contributed by atoms with Crippen LogP contribution in [-0.2, 0) is 6.42 Å². The molecular weight excluding hydrogens is 200 g/mol. The molecule has 3 N–H and O–H groups in total. The van der Waals surface area contributed by atoms with Crippen molar-refractivity contribution in [1.82, 2.24) is 5.32 Å². The number of ether oxygens (including phenoxy) is 1. The largest absolute Gasteiger partial charge is 0.497 e. The van der Waals surface area contributed by atoms with Crippen LogP contribution in [0.25, 0.3) is 0 Å². The second-order valence-corrected chi connectivity index (χ2v) is 4.46. The molecule has 0 radical (unpaired) electrons. The molecule has 1 aromatic carbocycles. The van der Waals surface area contributed by atoms with Crippen LogP contribution < -0.4 is 15.8 Å². The normalized spacial score (nSPS) is 17.3. The Morgan fingerprint density at radius 3 is 2.81 bits per heavy atom. The number of piperidine rings is 1. The van der Waals surface area contributed by atoms with Gasteiger partial charge in [0.25, 0.3) is 0 Å². The lowest BCUT2D eigenvalue weighted by Gasteiger charge is -2.23. The predicted molar refractivity (Wildman–Crippen MR) is 66.7 cm³/mol. The van der Waals surface area contributed by atoms with Gasteiger partial charge in [-0.25, -0.2) is 0 Å². The van der Waals surface area contributed by atoms with Crippen molar-refractivity contribution in [2.24, 2.45) is 5.92 Å². The Balaban J connectivity index is 2.06. The van der Waals surface area contributed by atoms with E-state index in [4.69, 9.17) is 10.5 Å². The van der Waals surface area contributed by atoms with E-state index in [9.17, 15) is 0 Å². The Kier molecular flexibility index (Phi) is 3.67. The molecule has 3 nitrogen and oxygen atoms in total. The van der Waals surface area contributed by atoms with Crippen molar-refractivity contribution in [3.8, 4) is 5.75 Å². The van der Waals surface area contributed by atoms with Gasteiger partial charge in [0.1, 0.15) is 5.75 Å². The maximum absolute atomic E-state index is 5.99. The Hall–Kier alpha value is -1.22. The quantitative estimate of drug-likeness (QED) is 0.764. The van der Waals surface area contributed by atoms with Gasteiger partial charge in [0.2, 0.25) is 0 Å². The summed E-state index contributed by atoms with van der Waals surface area (Å²) < 4.78 is 5.23. The van der Waals surface area contributed by atoms with Crippen molar-refractivity contribution >= 4 is 5.69 Å². The van der Waals surface area contributed by atoms with Crippen LogP contribution in [0.15, 0.2) is 18.2 Å². The zero-order valence-corrected chi connectivity index (χ0v) is 9.83. The maximum Gasteiger partial charge on any atom is 0.119 e. The van der Waals surface area contributed by atoms with Gasteiger partial charge in [-0.15, -0.1) is 0 Å². The molecule has 0 unspecified atom stereocenters. The van der Waals surface area contributed by atoms with Crippen LogP contribution in [0.4, 0.5) is 5.69 Å². The first-order valence-corrected chi connectivity index (χ1v) is 5.92. The lowest BCUT2D eigenvalue weighted by Crippen LogP contribution is -2.28. The summed E-state index contributed by atoms with van der Waals surface area (Å²) in [6.07, 6.45) is 3.57. The van der Waals surface area contributed by atoms with Gasteiger partial charge in [-0.1, -0.05) is 0 Å². The SMILES string of the molecule is COc1ccc(N)c(CC2CCNCC2)c1. The maximum atomic E-state index is 5.99. The van der Waals surface area contributed by atoms with Crippen molar-refractivity contribution in [1.29, 1.82) is 0 Å². The van der Waals surface area contributed by atoms with Crippen LogP contribution in [0.1, 0.15) is 18.4 Å². The number of benzene rings is 1. The molecule has 1 fully saturated rings. The molecule has 2 rings (SSSR count). The summed E-state index contributed by atoms with van der Waals surface area (Å²) in [5.41, 5.74) is 8.11. The van der Waals surface area contributed by atoms with Crippen LogP contribution in [-0.4, -0.2) is 20.2 Å². The minimum absolute atomic E-state index is 0.760. The molecule has 0 spiro atoms. The number of rotatable bonds is 3. The van der Waals surface area contributed by atoms with Gasteiger partial charge in [0.05, 0.1) is 7.11 Å². The van der Waals surface area contributed by atoms with Crippen LogP contribution in [0.2, 0.25) is 0 Å². The molecule has 0 saturated carbocycles. The molecule has 0 bridgehead atoms. The van der Waals surface area contributed by atoms with E-state index in [1.807, 2.05) is 12.1 Å². The summed E-state index contributed by atoms with van der Waals surface area (Å²) in [6, 6.07) is 5.92. The molecule has 1 aliphatic rings. The number of nitrogens with two attached hydrogens (primary N) is 1. The second-order valence-electron chi connectivity index (χ2n) is 4.46. The number of nitrogen functional groups attached to an aromatic ring is 1. The zero-order chi connectivity index (χ0) is 11.4. The Morgan fingerprint density at radius 1 is 1.38 bits per heavy atom. The van der Waals surface area contributed by atoms with Crippen molar-refractivity contribution in [3.05, 3.63) is 23.8 Å². The van der Waals surface area contributed by atoms with Gasteiger partial charge >= 0.3 is 0 Å². The van der Waals surface area contributed by atoms with Crippen LogP contribution in [0.5, 0.6) is 5.75 Å². The van der Waals surface area contributed by atoms with Gasteiger partial charge in [-0.05, 0) is 62.0 Å². The highest BCUT2D eigenvalue weighted by Crippen LogP contribution is 2.25. The molecule has 0 aromatic heterocycles. The number of anilines is 1. The average Bonchev–Trinajstić information content (AvgIpc) is 2.33. The van der Waals surface area contributed by atoms with E-state index in [-0.39, 0.29) is 0 Å². The van der Waals surface area contributed by atoms with E-state index >= 15 is 0 Å². The minimum Gasteiger partial charge on any atom is -0.497 e. The van der Waals surface area contributed by atoms with Crippen LogP contribution in [0.3, 0.4) is 0 Å². The highest BCUT2D eigenvalue weighted by molar-refractivity contribution is 5.50. The highest BCUT2D eigenvalue weighted by atomic mass is 16.5. The van der Waals surface area contributed by atoms with Gasteiger partial charge in [-0.3, -0.25) is 0 Å². The van der Waals surface area contributed by atoms with Gasteiger partial charge in [-0.2, -0.15) is 0 Å². The summed E-state index contributed by atoms with van der Waals surface area (Å²) >= 11 is 0. The third-order valence-corrected chi connectivity index (χ3v) is 3.32. The molecule has 0 amide bonds. The molecule has 16 heavy (non-hydrogen) atoms. The third kappa shape index (κ3) is 2.67. The molecule has 1 aliphatic heterocycles. The van der Waals surface area contributed by atoms with Gasteiger partial charge < -0.3 is 15.8 Å². The molecular formula is C13H20N2O. The average molecular weight is 220 g/mol. The Bertz CT molecular complexity index is 346. The third-order valence-electron chi connectivity index (χ3n) is 3.32. The first-order chi connectivity index (χ1) is 7.79. The summed E-state index contributed by atoms with van der Waals surface area (Å²) in [7, 11) is 1.69. The number of hydrogen-bond donors (Lipinski definition) is 2. The van der Waals surface area contributed by atoms with Crippen molar-refractivity contribution in [3.63, 3.8) is 0 Å². The first kappa shape index (κ1) is 11.3. The monoisotopic (exact) mass is 220 g/mol. The fourth-order valence-corrected chi connectivity index (χ4v) is 2.28. The first-order valence-electron chi connectivity index (χ1n) is 5.92. The zero-order valence-electron chi connectivity index (χ0n) is 9.83. The van der Waals surface area contributed by atoms with Crippen LogP contribution >= 0.6 is 0 Å². The van der Waals surface area contributed by atoms with Crippen LogP contribution in [0, 0.1) is 5.92 Å². The van der Waals surface area contributed by atoms with E-state index < -0.39 is 0 Å². The Morgan fingerprint density at radius 2 is 2.12 bits per heavy atom. The number of nitrogens with one attached hydrogen (secondary N) is 1. The van der Waals surface area contributed by atoms with E-state index in [0.29, 0.717) is 0 Å². The molecule has 88 valence electrons. The van der Waals surface area contributed by atoms with Gasteiger partial charge in [0.15, 0.2) is 0 Å². The smallest absolute Gasteiger partial charge is 0.119 e. The van der Waals surface area contributed by atoms with E-state index in [1.165, 1.54) is 18.4 Å². The highest BCUT2D eigenvalue weighted by Gasteiger charge is 2.15. The summed E-state index contributed by atoms with van der Waals surface area (Å²) in [4.78, 5) is 0. The number of hydrogen-bond acceptors (Lipinski definition) is 3. The molecule has 0 atom stereocenters. The molecule has 0 aliphatic carbocycles. The van der Waals surface area contributed by atoms with Crippen molar-refractivity contribution in [2.45, 2.75) is 19.3 Å². The minimum atomic E-state index is 0.760. The molecule has 1 aromatic rings. The fourth-order valence-electron chi connectivity index (χ4n) is 2.28. The van der Waals surface area contributed by atoms with Crippen molar-refractivity contribution in [2.75, 3.05) is 25.9 Å². The summed E-state index contributed by atoms with van der Waals surface area (Å²) in [5, 5.41) is 3.38. The molecule has 3 heteroatoms. The molecule has 1 saturated heterocycles. The fraction of sp³-hybridized carbons (Fsp3) is 0.538. The van der Waals surface area contributed by atoms with E-state index in [0.717, 1.165) is 36.9 Å².